The lowest BCUT2D eigenvalue weighted by Gasteiger charge is -2.25. The molecule has 0 saturated carbocycles. The van der Waals surface area contributed by atoms with Gasteiger partial charge in [-0.05, 0) is 23.3 Å². The van der Waals surface area contributed by atoms with Crippen molar-refractivity contribution >= 4 is 50.1 Å². The van der Waals surface area contributed by atoms with Crippen LogP contribution in [0.1, 0.15) is 32.1 Å². The summed E-state index contributed by atoms with van der Waals surface area (Å²) < 4.78 is 22.6. The molecule has 1 amide bonds. The molecule has 2 aromatic carbocycles. The number of aromatic nitrogens is 3. The highest BCUT2D eigenvalue weighted by Gasteiger charge is 2.35. The Hall–Kier alpha value is -3.50. The van der Waals surface area contributed by atoms with Gasteiger partial charge < -0.3 is 14.2 Å². The van der Waals surface area contributed by atoms with Gasteiger partial charge in [-0.25, -0.2) is 9.07 Å². The zero-order chi connectivity index (χ0) is 26.3. The van der Waals surface area contributed by atoms with E-state index in [4.69, 9.17) is 16.3 Å². The molecular formula is C26H21BrClFN4O4. The third-order valence-electron chi connectivity index (χ3n) is 6.25. The van der Waals surface area contributed by atoms with Gasteiger partial charge in [-0.2, -0.15) is 5.10 Å². The number of hydrogen-bond donors (Lipinski definition) is 0. The summed E-state index contributed by atoms with van der Waals surface area (Å²) in [6.07, 6.45) is 0. The molecule has 0 N–H and O–H groups in total. The van der Waals surface area contributed by atoms with Gasteiger partial charge in [0.1, 0.15) is 17.8 Å². The molecule has 5 rings (SSSR count). The number of benzene rings is 2. The topological polar surface area (TPSA) is 86.4 Å². The molecule has 8 nitrogen and oxygen atoms in total. The first-order chi connectivity index (χ1) is 17.8. The van der Waals surface area contributed by atoms with E-state index in [-0.39, 0.29) is 63.2 Å². The van der Waals surface area contributed by atoms with Crippen LogP contribution in [0.3, 0.4) is 0 Å². The predicted octanol–water partition coefficient (Wildman–Crippen LogP) is 4.28. The van der Waals surface area contributed by atoms with Gasteiger partial charge in [-0.1, -0.05) is 63.9 Å². The Balaban J connectivity index is 1.75. The van der Waals surface area contributed by atoms with Crippen molar-refractivity contribution in [3.05, 3.63) is 92.2 Å². The Morgan fingerprint density at radius 2 is 1.89 bits per heavy atom. The number of alkyl halides is 1. The van der Waals surface area contributed by atoms with Crippen LogP contribution < -0.4 is 10.3 Å². The minimum Gasteiger partial charge on any atom is -0.486 e. The molecule has 11 heteroatoms. The molecule has 2 aromatic heterocycles. The Morgan fingerprint density at radius 1 is 1.14 bits per heavy atom. The third-order valence-corrected chi connectivity index (χ3v) is 7.05. The van der Waals surface area contributed by atoms with Crippen molar-refractivity contribution < 1.29 is 18.7 Å². The highest BCUT2D eigenvalue weighted by molar-refractivity contribution is 9.09. The van der Waals surface area contributed by atoms with Crippen LogP contribution in [0.5, 0.6) is 5.75 Å². The Bertz CT molecular complexity index is 1600. The number of ether oxygens (including phenoxy) is 1. The highest BCUT2D eigenvalue weighted by Crippen LogP contribution is 2.36. The molecule has 1 aliphatic heterocycles. The van der Waals surface area contributed by atoms with Gasteiger partial charge >= 0.3 is 0 Å². The normalized spacial score (nSPS) is 13.2. The van der Waals surface area contributed by atoms with Crippen LogP contribution >= 0.6 is 27.5 Å². The maximum Gasteiger partial charge on any atom is 0.280 e. The number of halogens is 3. The number of carbonyl (C=O) groups is 2. The quantitative estimate of drug-likeness (QED) is 0.238. The van der Waals surface area contributed by atoms with Crippen LogP contribution in [-0.2, 0) is 19.7 Å². The Morgan fingerprint density at radius 3 is 2.59 bits per heavy atom. The van der Waals surface area contributed by atoms with Gasteiger partial charge in [0.2, 0.25) is 0 Å². The number of amides is 1. The van der Waals surface area contributed by atoms with Gasteiger partial charge in [0.15, 0.2) is 22.9 Å². The number of nitrogens with zero attached hydrogens (tertiary/aromatic N) is 4. The van der Waals surface area contributed by atoms with E-state index >= 15 is 0 Å². The van der Waals surface area contributed by atoms with Gasteiger partial charge in [0, 0.05) is 20.1 Å². The van der Waals surface area contributed by atoms with Crippen LogP contribution in [-0.4, -0.2) is 49.9 Å². The molecule has 0 bridgehead atoms. The molecule has 0 fully saturated rings. The van der Waals surface area contributed by atoms with E-state index < -0.39 is 11.4 Å². The second-order valence-electron chi connectivity index (χ2n) is 8.67. The van der Waals surface area contributed by atoms with E-state index in [0.717, 1.165) is 10.2 Å². The number of fused-ring (bicyclic) bond motifs is 3. The molecule has 0 saturated heterocycles. The molecule has 0 spiro atoms. The first-order valence-corrected chi connectivity index (χ1v) is 12.9. The van der Waals surface area contributed by atoms with Crippen molar-refractivity contribution in [1.29, 1.82) is 0 Å². The van der Waals surface area contributed by atoms with E-state index in [1.165, 1.54) is 18.2 Å². The average Bonchev–Trinajstić information content (AvgIpc) is 3.24. The maximum absolute atomic E-state index is 13.8. The number of Topliss-reactive ketones (excluding diaryl/α,β-unsaturated/α-hetero) is 1. The van der Waals surface area contributed by atoms with Crippen LogP contribution in [0.15, 0.2) is 53.3 Å². The van der Waals surface area contributed by atoms with Crippen molar-refractivity contribution in [1.82, 2.24) is 19.2 Å². The van der Waals surface area contributed by atoms with Crippen LogP contribution in [0.25, 0.3) is 10.9 Å². The maximum atomic E-state index is 13.8. The van der Waals surface area contributed by atoms with E-state index in [1.54, 1.807) is 16.5 Å². The summed E-state index contributed by atoms with van der Waals surface area (Å²) in [6.45, 7) is 0.807. The van der Waals surface area contributed by atoms with Gasteiger partial charge in [0.25, 0.3) is 11.5 Å². The predicted molar refractivity (Wildman–Crippen MR) is 140 cm³/mol. The van der Waals surface area contributed by atoms with Crippen LogP contribution in [0.4, 0.5) is 4.39 Å². The monoisotopic (exact) mass is 586 g/mol. The van der Waals surface area contributed by atoms with Crippen molar-refractivity contribution in [3.8, 4) is 5.75 Å². The first kappa shape index (κ1) is 25.2. The Labute approximate surface area is 224 Å². The summed E-state index contributed by atoms with van der Waals surface area (Å²) in [5.74, 6) is -1.16. The molecule has 0 aliphatic carbocycles. The van der Waals surface area contributed by atoms with Gasteiger partial charge in [0.05, 0.1) is 22.4 Å². The molecular weight excluding hydrogens is 567 g/mol. The summed E-state index contributed by atoms with van der Waals surface area (Å²) in [4.78, 5) is 41.7. The average molecular weight is 588 g/mol. The second-order valence-corrected chi connectivity index (χ2v) is 9.64. The summed E-state index contributed by atoms with van der Waals surface area (Å²) in [7, 11) is 1.67. The smallest absolute Gasteiger partial charge is 0.280 e. The fourth-order valence-electron chi connectivity index (χ4n) is 4.39. The summed E-state index contributed by atoms with van der Waals surface area (Å²) in [6, 6.07) is 13.4. The van der Waals surface area contributed by atoms with E-state index in [2.05, 4.69) is 21.0 Å². The fraction of sp³-hybridized carbons (Fsp3) is 0.231. The molecule has 190 valence electrons. The molecule has 0 atom stereocenters. The van der Waals surface area contributed by atoms with Crippen molar-refractivity contribution in [2.45, 2.75) is 19.7 Å². The van der Waals surface area contributed by atoms with Crippen molar-refractivity contribution in [2.24, 2.45) is 0 Å². The summed E-state index contributed by atoms with van der Waals surface area (Å²) in [5.41, 5.74) is 1.32. The first-order valence-electron chi connectivity index (χ1n) is 11.4. The lowest BCUT2D eigenvalue weighted by Crippen LogP contribution is -2.37. The van der Waals surface area contributed by atoms with Crippen LogP contribution in [0.2, 0.25) is 5.02 Å². The molecule has 4 aromatic rings. The number of ketones is 1. The lowest BCUT2D eigenvalue weighted by atomic mass is 10.2. The fourth-order valence-corrected chi connectivity index (χ4v) is 4.86. The van der Waals surface area contributed by atoms with Gasteiger partial charge in [-0.3, -0.25) is 14.4 Å². The zero-order valence-electron chi connectivity index (χ0n) is 19.7. The number of hydrogen-bond acceptors (Lipinski definition) is 5. The zero-order valence-corrected chi connectivity index (χ0v) is 22.1. The third kappa shape index (κ3) is 4.55. The van der Waals surface area contributed by atoms with E-state index in [9.17, 15) is 18.8 Å². The SMILES string of the molecule is CN1CCn2c(c(OCc3ccccc3)c3c(=O)n(Cc4ccc(F)c(Cl)c4)nc(C(=O)CBr)c32)C1=O. The number of carbonyl (C=O) groups excluding carboxylic acids is 2. The van der Waals surface area contributed by atoms with Crippen molar-refractivity contribution in [3.63, 3.8) is 0 Å². The molecule has 1 aliphatic rings. The minimum atomic E-state index is -0.587. The molecule has 0 unspecified atom stereocenters. The minimum absolute atomic E-state index is 0.0350. The standard InChI is InChI=1S/C26H21BrClFN4O4/c1-31-9-10-32-22-20(24(23(32)26(31)36)37-14-15-5-3-2-4-6-15)25(35)33(30-21(22)19(34)12-27)13-16-7-8-18(29)17(28)11-16/h2-8,11H,9-10,12-14H2,1H3. The summed E-state index contributed by atoms with van der Waals surface area (Å²) >= 11 is 9.13. The highest BCUT2D eigenvalue weighted by atomic mass is 79.9. The van der Waals surface area contributed by atoms with Crippen LogP contribution in [0, 0.1) is 5.82 Å². The Kier molecular flexibility index (Phi) is 6.87. The van der Waals surface area contributed by atoms with E-state index in [0.29, 0.717) is 18.7 Å². The van der Waals surface area contributed by atoms with Gasteiger partial charge in [-0.15, -0.1) is 0 Å². The largest absolute Gasteiger partial charge is 0.486 e. The summed E-state index contributed by atoms with van der Waals surface area (Å²) in [5, 5.41) is 4.36. The molecule has 3 heterocycles. The molecule has 37 heavy (non-hydrogen) atoms. The second kappa shape index (κ2) is 10.1. The molecule has 0 radical (unpaired) electrons. The van der Waals surface area contributed by atoms with Crippen molar-refractivity contribution in [2.75, 3.05) is 18.9 Å². The van der Waals surface area contributed by atoms with E-state index in [1.807, 2.05) is 30.3 Å². The number of likely N-dealkylation sites (N-methyl/N-ethyl adjacent to an activating group) is 1. The number of rotatable bonds is 7. The lowest BCUT2D eigenvalue weighted by molar-refractivity contribution is 0.0744.